The highest BCUT2D eigenvalue weighted by Gasteiger charge is 2.07. The maximum atomic E-state index is 11.4. The molecule has 0 aliphatic carbocycles. The van der Waals surface area contributed by atoms with Gasteiger partial charge in [-0.2, -0.15) is 0 Å². The fraction of sp³-hybridized carbons (Fsp3) is 0.417. The summed E-state index contributed by atoms with van der Waals surface area (Å²) in [6.07, 6.45) is 3.60. The van der Waals surface area contributed by atoms with Gasteiger partial charge in [0, 0.05) is 6.26 Å². The Morgan fingerprint density at radius 3 is 2.72 bits per heavy atom. The van der Waals surface area contributed by atoms with Gasteiger partial charge in [-0.1, -0.05) is 18.3 Å². The zero-order valence-corrected chi connectivity index (χ0v) is 11.9. The van der Waals surface area contributed by atoms with E-state index >= 15 is 0 Å². The molecule has 4 nitrogen and oxygen atoms in total. The number of benzene rings is 1. The highest BCUT2D eigenvalue weighted by Crippen LogP contribution is 2.17. The highest BCUT2D eigenvalue weighted by molar-refractivity contribution is 7.90. The van der Waals surface area contributed by atoms with Crippen LogP contribution in [0, 0.1) is 0 Å². The zero-order valence-electron chi connectivity index (χ0n) is 10.3. The van der Waals surface area contributed by atoms with Crippen molar-refractivity contribution in [2.75, 3.05) is 12.9 Å². The number of hydrogen-bond acceptors (Lipinski definition) is 4. The Bertz CT molecular complexity index is 512. The van der Waals surface area contributed by atoms with Crippen LogP contribution in [0.5, 0.6) is 5.75 Å². The normalized spacial score (nSPS) is 11.2. The summed E-state index contributed by atoms with van der Waals surface area (Å²) >= 11 is 4.77. The zero-order chi connectivity index (χ0) is 13.6. The first-order valence-electron chi connectivity index (χ1n) is 5.61. The van der Waals surface area contributed by atoms with Crippen LogP contribution in [0.25, 0.3) is 0 Å². The Balaban J connectivity index is 2.46. The van der Waals surface area contributed by atoms with E-state index in [9.17, 15) is 8.42 Å². The van der Waals surface area contributed by atoms with Crippen LogP contribution < -0.4 is 10.5 Å². The van der Waals surface area contributed by atoms with Gasteiger partial charge in [-0.15, -0.1) is 0 Å². The molecule has 0 radical (unpaired) electrons. The van der Waals surface area contributed by atoms with Crippen LogP contribution in [0.15, 0.2) is 29.2 Å². The highest BCUT2D eigenvalue weighted by atomic mass is 32.2. The number of sulfone groups is 1. The van der Waals surface area contributed by atoms with Crippen molar-refractivity contribution in [1.82, 2.24) is 0 Å². The van der Waals surface area contributed by atoms with Gasteiger partial charge in [0.05, 0.1) is 16.5 Å². The topological polar surface area (TPSA) is 69.4 Å². The molecule has 6 heteroatoms. The molecular formula is C12H17NO3S2. The molecule has 18 heavy (non-hydrogen) atoms. The minimum atomic E-state index is -3.19. The van der Waals surface area contributed by atoms with Gasteiger partial charge in [0.25, 0.3) is 0 Å². The minimum Gasteiger partial charge on any atom is -0.494 e. The van der Waals surface area contributed by atoms with Crippen LogP contribution >= 0.6 is 12.2 Å². The second kappa shape index (κ2) is 6.70. The van der Waals surface area contributed by atoms with Gasteiger partial charge >= 0.3 is 0 Å². The van der Waals surface area contributed by atoms with E-state index < -0.39 is 9.84 Å². The molecule has 0 fully saturated rings. The van der Waals surface area contributed by atoms with E-state index in [1.54, 1.807) is 18.2 Å². The number of hydrogen-bond donors (Lipinski definition) is 1. The van der Waals surface area contributed by atoms with Gasteiger partial charge in [-0.05, 0) is 37.5 Å². The van der Waals surface area contributed by atoms with E-state index in [4.69, 9.17) is 22.7 Å². The largest absolute Gasteiger partial charge is 0.494 e. The molecular weight excluding hydrogens is 270 g/mol. The van der Waals surface area contributed by atoms with Crippen molar-refractivity contribution in [2.45, 2.75) is 24.2 Å². The van der Waals surface area contributed by atoms with E-state index in [-0.39, 0.29) is 4.90 Å². The van der Waals surface area contributed by atoms with E-state index in [1.165, 1.54) is 12.3 Å². The summed E-state index contributed by atoms with van der Waals surface area (Å²) in [4.78, 5) is 0.775. The quantitative estimate of drug-likeness (QED) is 0.613. The average Bonchev–Trinajstić information content (AvgIpc) is 2.27. The molecule has 1 rings (SSSR count). The second-order valence-electron chi connectivity index (χ2n) is 4.02. The molecule has 1 aromatic rings. The van der Waals surface area contributed by atoms with Crippen LogP contribution in [0.2, 0.25) is 0 Å². The Morgan fingerprint density at radius 1 is 1.39 bits per heavy atom. The molecule has 2 N–H and O–H groups in total. The van der Waals surface area contributed by atoms with Crippen molar-refractivity contribution in [1.29, 1.82) is 0 Å². The molecule has 0 aromatic heterocycles. The Morgan fingerprint density at radius 2 is 2.11 bits per heavy atom. The maximum absolute atomic E-state index is 11.4. The summed E-state index contributed by atoms with van der Waals surface area (Å²) in [6, 6.07) is 6.49. The molecule has 0 saturated heterocycles. The van der Waals surface area contributed by atoms with Crippen molar-refractivity contribution >= 4 is 27.0 Å². The molecule has 0 aliphatic heterocycles. The first-order chi connectivity index (χ1) is 8.39. The van der Waals surface area contributed by atoms with Crippen LogP contribution in [-0.4, -0.2) is 26.3 Å². The summed E-state index contributed by atoms with van der Waals surface area (Å²) in [5.74, 6) is 0.563. The van der Waals surface area contributed by atoms with Crippen LogP contribution in [0.3, 0.4) is 0 Å². The lowest BCUT2D eigenvalue weighted by atomic mass is 10.2. The summed E-state index contributed by atoms with van der Waals surface area (Å²) in [5.41, 5.74) is 5.38. The van der Waals surface area contributed by atoms with Gasteiger partial charge in [0.1, 0.15) is 5.75 Å². The predicted molar refractivity (Wildman–Crippen MR) is 75.7 cm³/mol. The minimum absolute atomic E-state index is 0.267. The number of unbranched alkanes of at least 4 members (excludes halogenated alkanes) is 1. The monoisotopic (exact) mass is 287 g/mol. The number of thiocarbonyl (C=S) groups is 1. The molecule has 0 bridgehead atoms. The van der Waals surface area contributed by atoms with E-state index in [2.05, 4.69) is 0 Å². The van der Waals surface area contributed by atoms with Crippen molar-refractivity contribution < 1.29 is 13.2 Å². The Kier molecular flexibility index (Phi) is 5.55. The van der Waals surface area contributed by atoms with Gasteiger partial charge in [0.2, 0.25) is 0 Å². The van der Waals surface area contributed by atoms with Crippen LogP contribution in [-0.2, 0) is 9.84 Å². The van der Waals surface area contributed by atoms with Gasteiger partial charge < -0.3 is 10.5 Å². The first-order valence-corrected chi connectivity index (χ1v) is 7.91. The van der Waals surface area contributed by atoms with Crippen molar-refractivity contribution in [3.63, 3.8) is 0 Å². The molecule has 1 aromatic carbocycles. The van der Waals surface area contributed by atoms with Gasteiger partial charge in [0.15, 0.2) is 9.84 Å². The summed E-state index contributed by atoms with van der Waals surface area (Å²) in [5, 5.41) is 0. The fourth-order valence-electron chi connectivity index (χ4n) is 1.39. The lowest BCUT2D eigenvalue weighted by Gasteiger charge is -2.07. The fourth-order valence-corrected chi connectivity index (χ4v) is 2.19. The second-order valence-corrected chi connectivity index (χ2v) is 6.56. The average molecular weight is 287 g/mol. The Hall–Kier alpha value is -1.14. The third-order valence-corrected chi connectivity index (χ3v) is 3.63. The number of rotatable bonds is 7. The maximum Gasteiger partial charge on any atom is 0.175 e. The van der Waals surface area contributed by atoms with Crippen molar-refractivity contribution in [3.05, 3.63) is 24.3 Å². The SMILES string of the molecule is CS(=O)(=O)c1cccc(OCCCCC(N)=S)c1. The molecule has 0 amide bonds. The smallest absolute Gasteiger partial charge is 0.175 e. The van der Waals surface area contributed by atoms with Gasteiger partial charge in [-0.25, -0.2) is 8.42 Å². The summed E-state index contributed by atoms with van der Waals surface area (Å²) in [7, 11) is -3.19. The summed E-state index contributed by atoms with van der Waals surface area (Å²) < 4.78 is 28.2. The Labute approximate surface area is 113 Å². The van der Waals surface area contributed by atoms with Crippen molar-refractivity contribution in [2.24, 2.45) is 5.73 Å². The standard InChI is InChI=1S/C12H17NO3S2/c1-18(14,15)11-6-4-5-10(9-11)16-8-3-2-7-12(13)17/h4-6,9H,2-3,7-8H2,1H3,(H2,13,17). The van der Waals surface area contributed by atoms with Crippen LogP contribution in [0.4, 0.5) is 0 Å². The van der Waals surface area contributed by atoms with Crippen molar-refractivity contribution in [3.8, 4) is 5.75 Å². The molecule has 0 saturated carbocycles. The summed E-state index contributed by atoms with van der Waals surface area (Å²) in [6.45, 7) is 0.524. The lowest BCUT2D eigenvalue weighted by Crippen LogP contribution is -2.08. The molecule has 0 heterocycles. The lowest BCUT2D eigenvalue weighted by molar-refractivity contribution is 0.307. The molecule has 0 spiro atoms. The molecule has 0 unspecified atom stereocenters. The molecule has 100 valence electrons. The van der Waals surface area contributed by atoms with Crippen LogP contribution in [0.1, 0.15) is 19.3 Å². The predicted octanol–water partition coefficient (Wildman–Crippen LogP) is 1.93. The van der Waals surface area contributed by atoms with E-state index in [0.29, 0.717) is 23.8 Å². The van der Waals surface area contributed by atoms with E-state index in [1.807, 2.05) is 0 Å². The third-order valence-electron chi connectivity index (χ3n) is 2.32. The third kappa shape index (κ3) is 5.46. The first kappa shape index (κ1) is 14.9. The number of ether oxygens (including phenoxy) is 1. The molecule has 0 aliphatic rings. The molecule has 0 atom stereocenters. The van der Waals surface area contributed by atoms with Gasteiger partial charge in [-0.3, -0.25) is 0 Å². The number of nitrogens with two attached hydrogens (primary N) is 1. The van der Waals surface area contributed by atoms with E-state index in [0.717, 1.165) is 12.8 Å².